The highest BCUT2D eigenvalue weighted by Gasteiger charge is 2.40. The molecule has 6 heterocycles. The van der Waals surface area contributed by atoms with Gasteiger partial charge in [-0.15, -0.1) is 0 Å². The maximum atomic E-state index is 14.1. The Morgan fingerprint density at radius 2 is 1.70 bits per heavy atom. The van der Waals surface area contributed by atoms with Crippen molar-refractivity contribution in [2.24, 2.45) is 5.92 Å². The Bertz CT molecular complexity index is 1670. The van der Waals surface area contributed by atoms with Crippen LogP contribution < -0.4 is 11.4 Å². The van der Waals surface area contributed by atoms with Gasteiger partial charge in [0.15, 0.2) is 6.10 Å². The summed E-state index contributed by atoms with van der Waals surface area (Å²) in [7, 11) is 0. The molecule has 0 spiro atoms. The van der Waals surface area contributed by atoms with Gasteiger partial charge >= 0.3 is 11.8 Å². The van der Waals surface area contributed by atoms with Crippen molar-refractivity contribution in [2.75, 3.05) is 64.6 Å². The number of benzene rings is 2. The molecular weight excluding hydrogens is 618 g/mol. The molecule has 1 aromatic heterocycles. The van der Waals surface area contributed by atoms with Gasteiger partial charge in [-0.05, 0) is 80.4 Å². The molecule has 3 N–H and O–H groups in total. The first-order valence-electron chi connectivity index (χ1n) is 17.3. The fourth-order valence-electron chi connectivity index (χ4n) is 8.31. The van der Waals surface area contributed by atoms with Crippen LogP contribution in [0.3, 0.4) is 0 Å². The lowest BCUT2D eigenvalue weighted by Crippen LogP contribution is -2.62. The van der Waals surface area contributed by atoms with E-state index in [0.29, 0.717) is 62.2 Å². The average Bonchev–Trinajstić information content (AvgIpc) is 3.45. The Labute approximate surface area is 280 Å². The predicted octanol–water partition coefficient (Wildman–Crippen LogP) is 3.75. The lowest BCUT2D eigenvalue weighted by atomic mass is 9.83. The predicted molar refractivity (Wildman–Crippen MR) is 183 cm³/mol. The number of anilines is 1. The molecule has 0 aliphatic carbocycles. The molecule has 2 bridgehead atoms. The van der Waals surface area contributed by atoms with Crippen LogP contribution in [0, 0.1) is 5.92 Å². The number of carbonyl (C=O) groups excluding carboxylic acids is 2. The summed E-state index contributed by atoms with van der Waals surface area (Å²) in [5, 5.41) is 0.442. The monoisotopic (exact) mass is 663 g/mol. The molecule has 2 aromatic carbocycles. The molecule has 1 unspecified atom stereocenters. The first-order valence-corrected chi connectivity index (χ1v) is 17.6. The maximum Gasteiger partial charge on any atom is 0.410 e. The zero-order valence-electron chi connectivity index (χ0n) is 27.2. The first-order chi connectivity index (χ1) is 22.8. The van der Waals surface area contributed by atoms with Gasteiger partial charge in [0.05, 0.1) is 21.7 Å². The number of halogens is 1. The van der Waals surface area contributed by atoms with E-state index in [0.717, 1.165) is 47.7 Å². The van der Waals surface area contributed by atoms with Crippen LogP contribution in [0.5, 0.6) is 0 Å². The van der Waals surface area contributed by atoms with E-state index in [9.17, 15) is 14.4 Å². The molecule has 5 aliphatic rings. The van der Waals surface area contributed by atoms with Crippen LogP contribution in [0.4, 0.5) is 10.5 Å². The van der Waals surface area contributed by atoms with Crippen LogP contribution in [0.2, 0.25) is 5.02 Å². The molecule has 252 valence electrons. The van der Waals surface area contributed by atoms with Crippen LogP contribution in [-0.2, 0) is 22.4 Å². The van der Waals surface area contributed by atoms with E-state index in [1.165, 1.54) is 25.9 Å². The number of nitrogens with one attached hydrogen (secondary N) is 1. The summed E-state index contributed by atoms with van der Waals surface area (Å²) < 4.78 is 7.88. The van der Waals surface area contributed by atoms with Crippen molar-refractivity contribution < 1.29 is 14.3 Å². The fourth-order valence-corrected chi connectivity index (χ4v) is 8.57. The number of ether oxygens (including phenoxy) is 1. The Morgan fingerprint density at radius 1 is 0.979 bits per heavy atom. The Morgan fingerprint density at radius 3 is 2.38 bits per heavy atom. The Balaban J connectivity index is 1.03. The SMILES string of the molecule is CCc1cc(C[C@@H](OC(=O)N2CCC(n3c(=O)[nH]c4ccccc43)CC2)C(=O)N2CCN(C3CN4CCC3CC4)CC2)cc(Cl)c1N. The second-order valence-corrected chi connectivity index (χ2v) is 14.1. The maximum absolute atomic E-state index is 14.1. The third-order valence-corrected chi connectivity index (χ3v) is 11.3. The molecule has 3 aromatic rings. The zero-order chi connectivity index (χ0) is 32.7. The van der Waals surface area contributed by atoms with Crippen LogP contribution in [0.1, 0.15) is 49.8 Å². The number of aromatic nitrogens is 2. The van der Waals surface area contributed by atoms with Crippen molar-refractivity contribution in [3.8, 4) is 0 Å². The number of aromatic amines is 1. The number of imidazole rings is 1. The van der Waals surface area contributed by atoms with Gasteiger partial charge in [0.25, 0.3) is 5.91 Å². The number of hydrogen-bond donors (Lipinski definition) is 2. The number of fused-ring (bicyclic) bond motifs is 4. The molecule has 0 saturated carbocycles. The van der Waals surface area contributed by atoms with Gasteiger partial charge in [0.1, 0.15) is 0 Å². The number of likely N-dealkylation sites (tertiary alicyclic amines) is 1. The summed E-state index contributed by atoms with van der Waals surface area (Å²) in [6.45, 7) is 9.31. The lowest BCUT2D eigenvalue weighted by molar-refractivity contribution is -0.143. The summed E-state index contributed by atoms with van der Waals surface area (Å²) in [6, 6.07) is 11.9. The highest BCUT2D eigenvalue weighted by Crippen LogP contribution is 2.32. The normalized spacial score (nSPS) is 24.5. The number of rotatable bonds is 7. The molecule has 5 aliphatic heterocycles. The van der Waals surface area contributed by atoms with Gasteiger partial charge in [-0.1, -0.05) is 36.7 Å². The van der Waals surface area contributed by atoms with Crippen LogP contribution in [-0.4, -0.2) is 112 Å². The van der Waals surface area contributed by atoms with Gasteiger partial charge in [-0.3, -0.25) is 14.3 Å². The minimum Gasteiger partial charge on any atom is -0.436 e. The highest BCUT2D eigenvalue weighted by atomic mass is 35.5. The van der Waals surface area contributed by atoms with Crippen molar-refractivity contribution in [2.45, 2.75) is 63.6 Å². The molecule has 8 rings (SSSR count). The number of carbonyl (C=O) groups is 2. The molecule has 11 nitrogen and oxygen atoms in total. The van der Waals surface area contributed by atoms with E-state index in [1.807, 2.05) is 42.2 Å². The molecule has 5 fully saturated rings. The summed E-state index contributed by atoms with van der Waals surface area (Å²) >= 11 is 6.49. The summed E-state index contributed by atoms with van der Waals surface area (Å²) in [5.41, 5.74) is 10.00. The minimum absolute atomic E-state index is 0.0306. The summed E-state index contributed by atoms with van der Waals surface area (Å²) in [4.78, 5) is 52.1. The number of hydrogen-bond acceptors (Lipinski definition) is 7. The zero-order valence-corrected chi connectivity index (χ0v) is 28.0. The second kappa shape index (κ2) is 13.5. The Kier molecular flexibility index (Phi) is 9.22. The van der Waals surface area contributed by atoms with E-state index in [-0.39, 0.29) is 24.1 Å². The molecule has 2 amide bonds. The number of amides is 2. The van der Waals surface area contributed by atoms with Gasteiger partial charge < -0.3 is 30.2 Å². The fraction of sp³-hybridized carbons (Fsp3) is 0.571. The topological polar surface area (TPSA) is 120 Å². The van der Waals surface area contributed by atoms with E-state index in [4.69, 9.17) is 22.1 Å². The highest BCUT2D eigenvalue weighted by molar-refractivity contribution is 6.33. The number of piperidine rings is 4. The molecule has 12 heteroatoms. The second-order valence-electron chi connectivity index (χ2n) is 13.7. The third-order valence-electron chi connectivity index (χ3n) is 11.0. The summed E-state index contributed by atoms with van der Waals surface area (Å²) in [6.07, 6.45) is 3.20. The van der Waals surface area contributed by atoms with Gasteiger partial charge in [-0.2, -0.15) is 0 Å². The number of nitrogen functional groups attached to an aromatic ring is 1. The number of aryl methyl sites for hydroxylation is 1. The molecule has 2 atom stereocenters. The van der Waals surface area contributed by atoms with E-state index < -0.39 is 12.2 Å². The number of piperazine rings is 1. The van der Waals surface area contributed by atoms with Crippen molar-refractivity contribution in [1.82, 2.24) is 29.2 Å². The van der Waals surface area contributed by atoms with Crippen LogP contribution in [0.25, 0.3) is 11.0 Å². The standard InChI is InChI=1S/C35H46ClN7O4/c1-2-24-19-23(20-27(36)32(24)37)21-31(33(44)41-17-15-40(16-18-41)30-22-39-11-7-25(30)8-12-39)47-35(46)42-13-9-26(10-14-42)43-29-6-4-3-5-28(29)38-34(43)45/h3-6,19-20,25-26,30-31H,2,7-18,21-22,37H2,1H3,(H,38,45)/t30?,31-/m1/s1. The van der Waals surface area contributed by atoms with Crippen molar-refractivity contribution in [1.29, 1.82) is 0 Å². The van der Waals surface area contributed by atoms with E-state index in [2.05, 4.69) is 14.8 Å². The molecule has 47 heavy (non-hydrogen) atoms. The van der Waals surface area contributed by atoms with Gasteiger partial charge in [0.2, 0.25) is 0 Å². The van der Waals surface area contributed by atoms with Crippen molar-refractivity contribution >= 4 is 40.3 Å². The smallest absolute Gasteiger partial charge is 0.410 e. The quantitative estimate of drug-likeness (QED) is 0.370. The number of para-hydroxylation sites is 2. The van der Waals surface area contributed by atoms with Crippen LogP contribution in [0.15, 0.2) is 41.2 Å². The van der Waals surface area contributed by atoms with E-state index >= 15 is 0 Å². The molecular formula is C35H46ClN7O4. The van der Waals surface area contributed by atoms with Gasteiger partial charge in [-0.25, -0.2) is 9.59 Å². The first kappa shape index (κ1) is 32.0. The minimum atomic E-state index is -0.982. The van der Waals surface area contributed by atoms with Crippen molar-refractivity contribution in [3.05, 3.63) is 63.0 Å². The van der Waals surface area contributed by atoms with E-state index in [1.54, 1.807) is 15.5 Å². The third kappa shape index (κ3) is 6.49. The summed E-state index contributed by atoms with van der Waals surface area (Å²) in [5.74, 6) is 0.579. The van der Waals surface area contributed by atoms with Gasteiger partial charge in [0, 0.05) is 64.3 Å². The molecule has 0 radical (unpaired) electrons. The number of nitrogens with zero attached hydrogens (tertiary/aromatic N) is 5. The van der Waals surface area contributed by atoms with Crippen LogP contribution >= 0.6 is 11.6 Å². The van der Waals surface area contributed by atoms with Crippen molar-refractivity contribution in [3.63, 3.8) is 0 Å². The number of nitrogens with two attached hydrogens (primary N) is 1. The average molecular weight is 664 g/mol. The lowest BCUT2D eigenvalue weighted by Gasteiger charge is -2.51. The Hall–Kier alpha value is -3.54. The molecule has 5 saturated heterocycles. The number of H-pyrrole nitrogens is 1. The largest absolute Gasteiger partial charge is 0.436 e.